The molecule has 0 saturated carbocycles. The molecule has 5 heterocycles. The van der Waals surface area contributed by atoms with Gasteiger partial charge in [0.15, 0.2) is 23.4 Å². The van der Waals surface area contributed by atoms with E-state index in [0.29, 0.717) is 40.2 Å². The highest BCUT2D eigenvalue weighted by Crippen LogP contribution is 2.30. The Labute approximate surface area is 205 Å². The molecule has 182 valence electrons. The lowest BCUT2D eigenvalue weighted by atomic mass is 10.1. The number of carbonyl (C=O) groups excluding carboxylic acids is 1. The molecule has 4 N–H and O–H groups in total. The number of anilines is 1. The van der Waals surface area contributed by atoms with Crippen molar-refractivity contribution in [2.75, 3.05) is 12.3 Å². The number of nitrogen functional groups attached to an aromatic ring is 1. The van der Waals surface area contributed by atoms with E-state index in [9.17, 15) is 4.79 Å². The van der Waals surface area contributed by atoms with Crippen LogP contribution in [0, 0.1) is 0 Å². The first-order valence-electron chi connectivity index (χ1n) is 11.7. The molecule has 1 atom stereocenters. The van der Waals surface area contributed by atoms with Gasteiger partial charge in [0.25, 0.3) is 0 Å². The van der Waals surface area contributed by atoms with Crippen LogP contribution in [0.3, 0.4) is 0 Å². The van der Waals surface area contributed by atoms with E-state index in [1.54, 1.807) is 41.3 Å². The number of hydrogen-bond acceptors (Lipinski definition) is 8. The summed E-state index contributed by atoms with van der Waals surface area (Å²) in [5, 5.41) is 10.5. The van der Waals surface area contributed by atoms with Crippen LogP contribution in [0.1, 0.15) is 41.5 Å². The summed E-state index contributed by atoms with van der Waals surface area (Å²) >= 11 is 0. The van der Waals surface area contributed by atoms with Gasteiger partial charge >= 0.3 is 0 Å². The van der Waals surface area contributed by atoms with Crippen LogP contribution in [0.15, 0.2) is 55.0 Å². The number of pyridine rings is 2. The van der Waals surface area contributed by atoms with E-state index in [-0.39, 0.29) is 18.7 Å². The number of primary amides is 1. The zero-order chi connectivity index (χ0) is 24.6. The maximum Gasteiger partial charge on any atom is 0.248 e. The number of aromatic nitrogens is 6. The smallest absolute Gasteiger partial charge is 0.248 e. The summed E-state index contributed by atoms with van der Waals surface area (Å²) in [5.74, 6) is 0.0920. The minimum Gasteiger partial charge on any atom is -0.483 e. The first-order valence-corrected chi connectivity index (χ1v) is 11.7. The van der Waals surface area contributed by atoms with Gasteiger partial charge in [-0.3, -0.25) is 4.79 Å². The van der Waals surface area contributed by atoms with Crippen LogP contribution in [-0.4, -0.2) is 42.0 Å². The third kappa shape index (κ3) is 3.99. The summed E-state index contributed by atoms with van der Waals surface area (Å²) < 4.78 is 15.6. The maximum atomic E-state index is 11.6. The van der Waals surface area contributed by atoms with Crippen LogP contribution in [0.5, 0.6) is 5.75 Å². The van der Waals surface area contributed by atoms with Crippen molar-refractivity contribution in [1.29, 1.82) is 0 Å². The molecule has 0 radical (unpaired) electrons. The van der Waals surface area contributed by atoms with Crippen molar-refractivity contribution in [2.45, 2.75) is 32.1 Å². The monoisotopic (exact) mass is 484 g/mol. The van der Waals surface area contributed by atoms with E-state index in [1.807, 2.05) is 23.0 Å². The van der Waals surface area contributed by atoms with Gasteiger partial charge in [0, 0.05) is 35.3 Å². The number of rotatable bonds is 6. The minimum atomic E-state index is -0.517. The van der Waals surface area contributed by atoms with E-state index in [1.165, 1.54) is 0 Å². The molecule has 11 heteroatoms. The largest absolute Gasteiger partial charge is 0.483 e. The van der Waals surface area contributed by atoms with Crippen LogP contribution < -0.4 is 16.2 Å². The summed E-state index contributed by atoms with van der Waals surface area (Å²) in [5.41, 5.74) is 14.7. The lowest BCUT2D eigenvalue weighted by molar-refractivity contribution is -0.0370. The molecule has 6 rings (SSSR count). The standard InChI is InChI=1S/C25H24N8O3/c26-23-21(12-16-10-15(24(27)34)5-6-18(16)30-23)36-14-19-20(32-8-3-7-28-32)11-17-13-29-33(25(17)31-19)22-4-1-2-9-35-22/h3,5-8,10-13,22H,1-2,4,9,14H2,(H2,26,30)(H2,27,34)/t22-/m0/s1. The number of fused-ring (bicyclic) bond motifs is 2. The average molecular weight is 485 g/mol. The van der Waals surface area contributed by atoms with Gasteiger partial charge in [-0.1, -0.05) is 0 Å². The lowest BCUT2D eigenvalue weighted by Gasteiger charge is -2.23. The second kappa shape index (κ2) is 8.93. The van der Waals surface area contributed by atoms with E-state index >= 15 is 0 Å². The Balaban J connectivity index is 1.38. The fourth-order valence-electron chi connectivity index (χ4n) is 4.43. The molecule has 5 aromatic rings. The molecule has 36 heavy (non-hydrogen) atoms. The van der Waals surface area contributed by atoms with Gasteiger partial charge in [-0.25, -0.2) is 19.3 Å². The molecular formula is C25H24N8O3. The predicted octanol–water partition coefficient (Wildman–Crippen LogP) is 3.12. The van der Waals surface area contributed by atoms with Crippen molar-refractivity contribution in [1.82, 2.24) is 29.5 Å². The van der Waals surface area contributed by atoms with Crippen molar-refractivity contribution in [3.63, 3.8) is 0 Å². The van der Waals surface area contributed by atoms with E-state index in [0.717, 1.165) is 30.3 Å². The molecule has 11 nitrogen and oxygen atoms in total. The summed E-state index contributed by atoms with van der Waals surface area (Å²) in [7, 11) is 0. The molecule has 0 bridgehead atoms. The number of hydrogen-bond donors (Lipinski definition) is 2. The van der Waals surface area contributed by atoms with Crippen LogP contribution in [0.25, 0.3) is 27.6 Å². The molecule has 1 saturated heterocycles. The predicted molar refractivity (Wildman–Crippen MR) is 132 cm³/mol. The molecule has 1 aliphatic rings. The first kappa shape index (κ1) is 22.0. The van der Waals surface area contributed by atoms with Crippen molar-refractivity contribution in [2.24, 2.45) is 5.73 Å². The Morgan fingerprint density at radius 1 is 1.14 bits per heavy atom. The van der Waals surface area contributed by atoms with Crippen molar-refractivity contribution in [3.8, 4) is 11.4 Å². The molecule has 1 aromatic carbocycles. The highest BCUT2D eigenvalue weighted by molar-refractivity contribution is 5.97. The summed E-state index contributed by atoms with van der Waals surface area (Å²) in [6.07, 6.45) is 8.21. The minimum absolute atomic E-state index is 0.106. The fourth-order valence-corrected chi connectivity index (χ4v) is 4.43. The van der Waals surface area contributed by atoms with Gasteiger partial charge < -0.3 is 20.9 Å². The Bertz CT molecular complexity index is 1570. The van der Waals surface area contributed by atoms with Crippen LogP contribution >= 0.6 is 0 Å². The zero-order valence-corrected chi connectivity index (χ0v) is 19.4. The third-order valence-electron chi connectivity index (χ3n) is 6.26. The Kier molecular flexibility index (Phi) is 5.45. The average Bonchev–Trinajstić information content (AvgIpc) is 3.57. The van der Waals surface area contributed by atoms with Crippen molar-refractivity contribution < 1.29 is 14.3 Å². The first-order chi connectivity index (χ1) is 17.6. The van der Waals surface area contributed by atoms with Crippen molar-refractivity contribution in [3.05, 3.63) is 66.2 Å². The molecule has 1 aliphatic heterocycles. The second-order valence-corrected chi connectivity index (χ2v) is 8.66. The van der Waals surface area contributed by atoms with Gasteiger partial charge in [0.1, 0.15) is 12.3 Å². The number of amides is 1. The van der Waals surface area contributed by atoms with Crippen LogP contribution in [0.4, 0.5) is 5.82 Å². The van der Waals surface area contributed by atoms with Gasteiger partial charge in [-0.05, 0) is 55.7 Å². The molecule has 1 amide bonds. The quantitative estimate of drug-likeness (QED) is 0.373. The molecule has 0 unspecified atom stereocenters. The van der Waals surface area contributed by atoms with Crippen LogP contribution in [-0.2, 0) is 11.3 Å². The Morgan fingerprint density at radius 2 is 2.06 bits per heavy atom. The third-order valence-corrected chi connectivity index (χ3v) is 6.26. The summed E-state index contributed by atoms with van der Waals surface area (Å²) in [4.78, 5) is 20.9. The summed E-state index contributed by atoms with van der Waals surface area (Å²) in [6.45, 7) is 0.813. The fraction of sp³-hybridized carbons (Fsp3) is 0.240. The molecular weight excluding hydrogens is 460 g/mol. The van der Waals surface area contributed by atoms with Gasteiger partial charge in [0.05, 0.1) is 17.4 Å². The number of nitrogens with zero attached hydrogens (tertiary/aromatic N) is 6. The number of benzene rings is 1. The van der Waals surface area contributed by atoms with Gasteiger partial charge in [-0.15, -0.1) is 0 Å². The molecule has 0 spiro atoms. The van der Waals surface area contributed by atoms with Gasteiger partial charge in [0.2, 0.25) is 5.91 Å². The molecule has 4 aromatic heterocycles. The lowest BCUT2D eigenvalue weighted by Crippen LogP contribution is -2.19. The zero-order valence-electron chi connectivity index (χ0n) is 19.4. The van der Waals surface area contributed by atoms with E-state index in [2.05, 4.69) is 15.2 Å². The highest BCUT2D eigenvalue weighted by Gasteiger charge is 2.21. The van der Waals surface area contributed by atoms with Crippen LogP contribution in [0.2, 0.25) is 0 Å². The number of nitrogens with two attached hydrogens (primary N) is 2. The maximum absolute atomic E-state index is 11.6. The van der Waals surface area contributed by atoms with E-state index < -0.39 is 5.91 Å². The number of carbonyl (C=O) groups is 1. The summed E-state index contributed by atoms with van der Waals surface area (Å²) in [6, 6.07) is 10.6. The van der Waals surface area contributed by atoms with E-state index in [4.69, 9.17) is 25.9 Å². The molecule has 1 fully saturated rings. The number of ether oxygens (including phenoxy) is 2. The highest BCUT2D eigenvalue weighted by atomic mass is 16.5. The Morgan fingerprint density at radius 3 is 2.83 bits per heavy atom. The SMILES string of the molecule is NC(=O)c1ccc2nc(N)c(OCc3nc4c(cnn4[C@@H]4CCCCO4)cc3-n3cccn3)cc2c1. The molecule has 0 aliphatic carbocycles. The topological polar surface area (TPSA) is 149 Å². The van der Waals surface area contributed by atoms with Crippen molar-refractivity contribution >= 4 is 33.7 Å². The second-order valence-electron chi connectivity index (χ2n) is 8.66. The van der Waals surface area contributed by atoms with Gasteiger partial charge in [-0.2, -0.15) is 10.2 Å². The Hall–Kier alpha value is -4.51. The normalized spacial score (nSPS) is 15.9.